The van der Waals surface area contributed by atoms with Crippen LogP contribution in [0.1, 0.15) is 86.0 Å². The molecule has 0 saturated heterocycles. The fraction of sp³-hybridized carbons (Fsp3) is 0.733. The highest BCUT2D eigenvalue weighted by molar-refractivity contribution is 6.01. The molecule has 0 aromatic carbocycles. The molecule has 35 heavy (non-hydrogen) atoms. The molecule has 0 bridgehead atoms. The molecule has 5 rings (SSSR count). The predicted molar refractivity (Wildman–Crippen MR) is 132 cm³/mol. The van der Waals surface area contributed by atoms with Crippen molar-refractivity contribution in [1.82, 2.24) is 0 Å². The molecule has 5 aliphatic carbocycles. The number of ketones is 2. The highest BCUT2D eigenvalue weighted by Gasteiger charge is 2.65. The normalized spacial score (nSPS) is 43.9. The fourth-order valence-electron chi connectivity index (χ4n) is 9.04. The maximum atomic E-state index is 14.1. The number of esters is 1. The van der Waals surface area contributed by atoms with Gasteiger partial charge in [-0.2, -0.15) is 5.26 Å². The summed E-state index contributed by atoms with van der Waals surface area (Å²) in [5, 5.41) is 9.60. The van der Waals surface area contributed by atoms with E-state index in [1.807, 2.05) is 19.1 Å². The van der Waals surface area contributed by atoms with Crippen LogP contribution in [0.5, 0.6) is 0 Å². The highest BCUT2D eigenvalue weighted by Crippen LogP contribution is 2.69. The second-order valence-corrected chi connectivity index (χ2v) is 13.2. The van der Waals surface area contributed by atoms with Gasteiger partial charge in [0, 0.05) is 17.8 Å². The third-order valence-electron chi connectivity index (χ3n) is 11.0. The zero-order valence-electron chi connectivity index (χ0n) is 21.9. The Bertz CT molecular complexity index is 1090. The van der Waals surface area contributed by atoms with Crippen LogP contribution >= 0.6 is 0 Å². The van der Waals surface area contributed by atoms with Crippen LogP contribution in [0.15, 0.2) is 23.3 Å². The fourth-order valence-corrected chi connectivity index (χ4v) is 9.04. The Hall–Kier alpha value is -2.22. The molecule has 0 amide bonds. The van der Waals surface area contributed by atoms with Crippen molar-refractivity contribution in [2.45, 2.75) is 86.0 Å². The summed E-state index contributed by atoms with van der Waals surface area (Å²) in [5.74, 6) is 0.0954. The van der Waals surface area contributed by atoms with E-state index in [4.69, 9.17) is 4.74 Å². The van der Waals surface area contributed by atoms with E-state index in [1.54, 1.807) is 0 Å². The van der Waals surface area contributed by atoms with Crippen LogP contribution in [0.3, 0.4) is 0 Å². The lowest BCUT2D eigenvalue weighted by atomic mass is 9.40. The largest absolute Gasteiger partial charge is 0.466 e. The summed E-state index contributed by atoms with van der Waals surface area (Å²) in [4.78, 5) is 40.0. The SMILES string of the molecule is CCOC(=O)C12CCC3C(C(=O)C=C4C5(C)C=C(C#N)C(=O)CC5CCC43C)C1CC(C)(C)CC2. The van der Waals surface area contributed by atoms with Gasteiger partial charge in [0.15, 0.2) is 11.6 Å². The highest BCUT2D eigenvalue weighted by atomic mass is 16.5. The number of nitrogens with zero attached hydrogens (tertiary/aromatic N) is 1. The van der Waals surface area contributed by atoms with Crippen LogP contribution in [0.2, 0.25) is 0 Å². The van der Waals surface area contributed by atoms with Crippen molar-refractivity contribution >= 4 is 17.5 Å². The Labute approximate surface area is 209 Å². The number of allylic oxidation sites excluding steroid dienone is 4. The summed E-state index contributed by atoms with van der Waals surface area (Å²) < 4.78 is 5.64. The Morgan fingerprint density at radius 1 is 1.09 bits per heavy atom. The summed E-state index contributed by atoms with van der Waals surface area (Å²) >= 11 is 0. The topological polar surface area (TPSA) is 84.2 Å². The second kappa shape index (κ2) is 7.89. The standard InChI is InChI=1S/C30H39NO4/c1-6-35-26(34)30-10-8-20-25(21(30)16-27(2,3)11-12-30)23(33)14-24-28(20,4)9-7-19-13-22(32)18(17-31)15-29(19,24)5/h14-15,19-21,25H,6-13,16H2,1-5H3. The van der Waals surface area contributed by atoms with Gasteiger partial charge in [-0.1, -0.05) is 39.3 Å². The van der Waals surface area contributed by atoms with E-state index in [9.17, 15) is 19.6 Å². The van der Waals surface area contributed by atoms with Crippen molar-refractivity contribution in [1.29, 1.82) is 5.26 Å². The number of Topliss-reactive ketones (excluding diaryl/α,β-unsaturated/α-hetero) is 1. The molecule has 5 aliphatic rings. The maximum Gasteiger partial charge on any atom is 0.312 e. The minimum absolute atomic E-state index is 0.00477. The van der Waals surface area contributed by atoms with E-state index >= 15 is 0 Å². The summed E-state index contributed by atoms with van der Waals surface area (Å²) in [5.41, 5.74) is 0.258. The summed E-state index contributed by atoms with van der Waals surface area (Å²) in [7, 11) is 0. The zero-order valence-corrected chi connectivity index (χ0v) is 21.9. The van der Waals surface area contributed by atoms with Crippen molar-refractivity contribution in [3.8, 4) is 6.07 Å². The molecule has 0 spiro atoms. The lowest BCUT2D eigenvalue weighted by Gasteiger charge is -2.63. The third-order valence-corrected chi connectivity index (χ3v) is 11.0. The van der Waals surface area contributed by atoms with Gasteiger partial charge in [0.1, 0.15) is 6.07 Å². The minimum Gasteiger partial charge on any atom is -0.466 e. The van der Waals surface area contributed by atoms with Crippen LogP contribution in [0.4, 0.5) is 0 Å². The number of nitriles is 1. The van der Waals surface area contributed by atoms with Gasteiger partial charge in [-0.3, -0.25) is 14.4 Å². The van der Waals surface area contributed by atoms with Crippen LogP contribution in [0.25, 0.3) is 0 Å². The summed E-state index contributed by atoms with van der Waals surface area (Å²) in [6.07, 6.45) is 10.3. The molecule has 5 nitrogen and oxygen atoms in total. The van der Waals surface area contributed by atoms with E-state index in [2.05, 4.69) is 33.8 Å². The Kier molecular flexibility index (Phi) is 5.52. The molecule has 7 unspecified atom stereocenters. The quantitative estimate of drug-likeness (QED) is 0.473. The van der Waals surface area contributed by atoms with E-state index in [-0.39, 0.29) is 57.6 Å². The zero-order chi connectivity index (χ0) is 25.4. The van der Waals surface area contributed by atoms with Gasteiger partial charge in [0.2, 0.25) is 0 Å². The molecule has 0 aromatic rings. The average molecular weight is 478 g/mol. The van der Waals surface area contributed by atoms with E-state index in [0.717, 1.165) is 50.5 Å². The van der Waals surface area contributed by atoms with Crippen molar-refractivity contribution in [3.63, 3.8) is 0 Å². The number of fused-ring (bicyclic) bond motifs is 7. The van der Waals surface area contributed by atoms with Gasteiger partial charge >= 0.3 is 5.97 Å². The van der Waals surface area contributed by atoms with Gasteiger partial charge < -0.3 is 4.74 Å². The van der Waals surface area contributed by atoms with Crippen molar-refractivity contribution in [2.75, 3.05) is 6.61 Å². The molecular weight excluding hydrogens is 438 g/mol. The Balaban J connectivity index is 1.62. The molecule has 3 fully saturated rings. The summed E-state index contributed by atoms with van der Waals surface area (Å²) in [6, 6.07) is 2.11. The lowest BCUT2D eigenvalue weighted by molar-refractivity contribution is -0.179. The van der Waals surface area contributed by atoms with Crippen LogP contribution in [-0.2, 0) is 19.1 Å². The van der Waals surface area contributed by atoms with Gasteiger partial charge in [-0.15, -0.1) is 0 Å². The molecule has 0 radical (unpaired) electrons. The smallest absolute Gasteiger partial charge is 0.312 e. The molecule has 5 heteroatoms. The first-order chi connectivity index (χ1) is 16.4. The lowest BCUT2D eigenvalue weighted by Crippen LogP contribution is -2.60. The first-order valence-electron chi connectivity index (χ1n) is 13.5. The molecule has 188 valence electrons. The Morgan fingerprint density at radius 3 is 2.51 bits per heavy atom. The van der Waals surface area contributed by atoms with Crippen molar-refractivity contribution < 1.29 is 19.1 Å². The predicted octanol–water partition coefficient (Wildman–Crippen LogP) is 5.74. The molecule has 0 aliphatic heterocycles. The van der Waals surface area contributed by atoms with Gasteiger partial charge in [-0.25, -0.2) is 0 Å². The molecule has 0 aromatic heterocycles. The van der Waals surface area contributed by atoms with Crippen molar-refractivity contribution in [2.24, 2.45) is 45.3 Å². The number of hydrogen-bond donors (Lipinski definition) is 0. The molecular formula is C30H39NO4. The maximum absolute atomic E-state index is 14.1. The van der Waals surface area contributed by atoms with E-state index in [1.165, 1.54) is 0 Å². The second-order valence-electron chi connectivity index (χ2n) is 13.2. The number of hydrogen-bond acceptors (Lipinski definition) is 5. The van der Waals surface area contributed by atoms with Crippen LogP contribution in [-0.4, -0.2) is 24.1 Å². The van der Waals surface area contributed by atoms with Crippen LogP contribution < -0.4 is 0 Å². The van der Waals surface area contributed by atoms with E-state index < -0.39 is 10.8 Å². The van der Waals surface area contributed by atoms with Gasteiger partial charge in [-0.05, 0) is 86.5 Å². The Morgan fingerprint density at radius 2 is 1.83 bits per heavy atom. The minimum atomic E-state index is -0.559. The molecule has 0 heterocycles. The number of rotatable bonds is 2. The molecule has 0 N–H and O–H groups in total. The number of carbonyl (C=O) groups is 3. The number of ether oxygens (including phenoxy) is 1. The first kappa shape index (κ1) is 24.5. The van der Waals surface area contributed by atoms with E-state index in [0.29, 0.717) is 13.0 Å². The van der Waals surface area contributed by atoms with Gasteiger partial charge in [0.25, 0.3) is 0 Å². The summed E-state index contributed by atoms with van der Waals surface area (Å²) in [6.45, 7) is 11.2. The average Bonchev–Trinajstić information content (AvgIpc) is 2.80. The molecule has 7 atom stereocenters. The molecule has 3 saturated carbocycles. The monoisotopic (exact) mass is 477 g/mol. The van der Waals surface area contributed by atoms with Gasteiger partial charge in [0.05, 0.1) is 17.6 Å². The number of carbonyl (C=O) groups excluding carboxylic acids is 3. The first-order valence-corrected chi connectivity index (χ1v) is 13.5. The van der Waals surface area contributed by atoms with Crippen molar-refractivity contribution in [3.05, 3.63) is 23.3 Å². The van der Waals surface area contributed by atoms with Crippen LogP contribution in [0, 0.1) is 56.7 Å². The third kappa shape index (κ3) is 3.35.